The van der Waals surface area contributed by atoms with E-state index in [9.17, 15) is 0 Å². The molecule has 0 radical (unpaired) electrons. The summed E-state index contributed by atoms with van der Waals surface area (Å²) in [5, 5.41) is 3.33. The van der Waals surface area contributed by atoms with Crippen LogP contribution < -0.4 is 5.32 Å². The zero-order chi connectivity index (χ0) is 9.36. The third-order valence-corrected chi connectivity index (χ3v) is 1.74. The summed E-state index contributed by atoms with van der Waals surface area (Å²) < 4.78 is 5.15. The normalized spacial score (nSPS) is 11.2. The average molecular weight is 179 g/mol. The van der Waals surface area contributed by atoms with E-state index < -0.39 is 0 Å². The van der Waals surface area contributed by atoms with Gasteiger partial charge in [0.05, 0.1) is 6.26 Å². The summed E-state index contributed by atoms with van der Waals surface area (Å²) in [6.07, 6.45) is 8.08. The first kappa shape index (κ1) is 10.1. The molecule has 1 aromatic heterocycles. The van der Waals surface area contributed by atoms with E-state index in [1.54, 1.807) is 6.26 Å². The van der Waals surface area contributed by atoms with E-state index in [1.807, 2.05) is 18.2 Å². The molecular formula is C11H17NO. The van der Waals surface area contributed by atoms with Crippen LogP contribution in [0.2, 0.25) is 0 Å². The summed E-state index contributed by atoms with van der Waals surface area (Å²) in [5.74, 6) is 0.926. The van der Waals surface area contributed by atoms with Crippen molar-refractivity contribution < 1.29 is 4.42 Å². The van der Waals surface area contributed by atoms with E-state index in [1.165, 1.54) is 6.42 Å². The Balaban J connectivity index is 2.05. The number of hydrogen-bond donors (Lipinski definition) is 1. The zero-order valence-electron chi connectivity index (χ0n) is 8.12. The van der Waals surface area contributed by atoms with Crippen molar-refractivity contribution >= 4 is 6.08 Å². The standard InChI is InChI=1S/C11H17NO/c1-2-8-12-9-4-3-6-11-7-5-10-13-11/h3,5-7,10,12H,2,4,8-9H2,1H3. The fourth-order valence-corrected chi connectivity index (χ4v) is 1.07. The molecule has 0 saturated carbocycles. The van der Waals surface area contributed by atoms with E-state index >= 15 is 0 Å². The molecule has 0 aromatic carbocycles. The molecule has 0 unspecified atom stereocenters. The van der Waals surface area contributed by atoms with Crippen LogP contribution in [0.5, 0.6) is 0 Å². The molecule has 0 aliphatic heterocycles. The van der Waals surface area contributed by atoms with Crippen molar-refractivity contribution in [1.29, 1.82) is 0 Å². The first-order valence-corrected chi connectivity index (χ1v) is 4.84. The smallest absolute Gasteiger partial charge is 0.126 e. The summed E-state index contributed by atoms with van der Waals surface area (Å²) in [6, 6.07) is 3.85. The van der Waals surface area contributed by atoms with Crippen molar-refractivity contribution in [2.75, 3.05) is 13.1 Å². The Morgan fingerprint density at radius 2 is 2.38 bits per heavy atom. The molecule has 0 amide bonds. The van der Waals surface area contributed by atoms with Crippen LogP contribution in [0.15, 0.2) is 28.9 Å². The Morgan fingerprint density at radius 1 is 1.46 bits per heavy atom. The maximum Gasteiger partial charge on any atom is 0.126 e. The van der Waals surface area contributed by atoms with Gasteiger partial charge < -0.3 is 9.73 Å². The summed E-state index contributed by atoms with van der Waals surface area (Å²) in [5.41, 5.74) is 0. The van der Waals surface area contributed by atoms with Gasteiger partial charge in [-0.25, -0.2) is 0 Å². The van der Waals surface area contributed by atoms with Crippen LogP contribution in [0, 0.1) is 0 Å². The molecular weight excluding hydrogens is 162 g/mol. The third kappa shape index (κ3) is 4.53. The molecule has 1 N–H and O–H groups in total. The zero-order valence-corrected chi connectivity index (χ0v) is 8.12. The average Bonchev–Trinajstić information content (AvgIpc) is 2.63. The monoisotopic (exact) mass is 179 g/mol. The van der Waals surface area contributed by atoms with E-state index in [2.05, 4.69) is 18.3 Å². The van der Waals surface area contributed by atoms with Gasteiger partial charge in [-0.1, -0.05) is 13.0 Å². The molecule has 0 aliphatic carbocycles. The molecule has 0 spiro atoms. The van der Waals surface area contributed by atoms with Gasteiger partial charge in [0.2, 0.25) is 0 Å². The van der Waals surface area contributed by atoms with Gasteiger partial charge in [-0.2, -0.15) is 0 Å². The largest absolute Gasteiger partial charge is 0.465 e. The number of hydrogen-bond acceptors (Lipinski definition) is 2. The Hall–Kier alpha value is -1.02. The van der Waals surface area contributed by atoms with Gasteiger partial charge in [0, 0.05) is 0 Å². The fraction of sp³-hybridized carbons (Fsp3) is 0.455. The molecule has 1 aromatic rings. The van der Waals surface area contributed by atoms with Crippen LogP contribution in [0.3, 0.4) is 0 Å². The number of furan rings is 1. The van der Waals surface area contributed by atoms with Crippen molar-refractivity contribution in [3.8, 4) is 0 Å². The van der Waals surface area contributed by atoms with Crippen LogP contribution in [0.1, 0.15) is 25.5 Å². The van der Waals surface area contributed by atoms with Gasteiger partial charge in [-0.3, -0.25) is 0 Å². The molecule has 0 bridgehead atoms. The first-order valence-electron chi connectivity index (χ1n) is 4.84. The second-order valence-electron chi connectivity index (χ2n) is 2.96. The first-order chi connectivity index (χ1) is 6.43. The quantitative estimate of drug-likeness (QED) is 0.679. The highest BCUT2D eigenvalue weighted by atomic mass is 16.3. The Morgan fingerprint density at radius 3 is 3.08 bits per heavy atom. The Kier molecular flexibility index (Phi) is 5.02. The van der Waals surface area contributed by atoms with Crippen LogP contribution in [-0.4, -0.2) is 13.1 Å². The topological polar surface area (TPSA) is 25.2 Å². The molecule has 1 rings (SSSR count). The molecule has 0 atom stereocenters. The summed E-state index contributed by atoms with van der Waals surface area (Å²) in [7, 11) is 0. The summed E-state index contributed by atoms with van der Waals surface area (Å²) in [6.45, 7) is 4.32. The van der Waals surface area contributed by atoms with Crippen LogP contribution in [0.25, 0.3) is 6.08 Å². The van der Waals surface area contributed by atoms with E-state index in [4.69, 9.17) is 4.42 Å². The Bertz CT molecular complexity index is 226. The van der Waals surface area contributed by atoms with Crippen molar-refractivity contribution in [3.63, 3.8) is 0 Å². The number of nitrogens with one attached hydrogen (secondary N) is 1. The minimum atomic E-state index is 0.926. The highest BCUT2D eigenvalue weighted by Crippen LogP contribution is 2.02. The lowest BCUT2D eigenvalue weighted by Crippen LogP contribution is -2.14. The van der Waals surface area contributed by atoms with Crippen LogP contribution in [-0.2, 0) is 0 Å². The lowest BCUT2D eigenvalue weighted by atomic mass is 10.3. The molecule has 2 heteroatoms. The van der Waals surface area contributed by atoms with Gasteiger partial charge in [0.25, 0.3) is 0 Å². The molecule has 2 nitrogen and oxygen atoms in total. The van der Waals surface area contributed by atoms with Gasteiger partial charge in [-0.15, -0.1) is 0 Å². The minimum absolute atomic E-state index is 0.926. The highest BCUT2D eigenvalue weighted by Gasteiger charge is 1.86. The molecule has 0 saturated heterocycles. The highest BCUT2D eigenvalue weighted by molar-refractivity contribution is 5.41. The van der Waals surface area contributed by atoms with E-state index in [-0.39, 0.29) is 0 Å². The van der Waals surface area contributed by atoms with Gasteiger partial charge in [0.15, 0.2) is 0 Å². The number of rotatable bonds is 6. The molecule has 1 heterocycles. The fourth-order valence-electron chi connectivity index (χ4n) is 1.07. The van der Waals surface area contributed by atoms with Crippen molar-refractivity contribution in [2.24, 2.45) is 0 Å². The van der Waals surface area contributed by atoms with Crippen molar-refractivity contribution in [2.45, 2.75) is 19.8 Å². The molecule has 0 fully saturated rings. The molecule has 0 aliphatic rings. The van der Waals surface area contributed by atoms with Crippen LogP contribution in [0.4, 0.5) is 0 Å². The maximum absolute atomic E-state index is 5.15. The second-order valence-corrected chi connectivity index (χ2v) is 2.96. The van der Waals surface area contributed by atoms with E-state index in [0.29, 0.717) is 0 Å². The van der Waals surface area contributed by atoms with Gasteiger partial charge >= 0.3 is 0 Å². The summed E-state index contributed by atoms with van der Waals surface area (Å²) in [4.78, 5) is 0. The van der Waals surface area contributed by atoms with Crippen molar-refractivity contribution in [3.05, 3.63) is 30.2 Å². The van der Waals surface area contributed by atoms with Crippen LogP contribution >= 0.6 is 0 Å². The lowest BCUT2D eigenvalue weighted by molar-refractivity contribution is 0.556. The minimum Gasteiger partial charge on any atom is -0.465 e. The SMILES string of the molecule is CCCNCCC=Cc1ccco1. The maximum atomic E-state index is 5.15. The predicted molar refractivity (Wildman–Crippen MR) is 55.5 cm³/mol. The van der Waals surface area contributed by atoms with Gasteiger partial charge in [0.1, 0.15) is 5.76 Å². The molecule has 72 valence electrons. The predicted octanol–water partition coefficient (Wildman–Crippen LogP) is 2.68. The molecule has 13 heavy (non-hydrogen) atoms. The third-order valence-electron chi connectivity index (χ3n) is 1.74. The second kappa shape index (κ2) is 6.49. The Labute approximate surface area is 79.6 Å². The van der Waals surface area contributed by atoms with Crippen molar-refractivity contribution in [1.82, 2.24) is 5.32 Å². The lowest BCUT2D eigenvalue weighted by Gasteiger charge is -1.97. The van der Waals surface area contributed by atoms with Gasteiger partial charge in [-0.05, 0) is 44.1 Å². The van der Waals surface area contributed by atoms with E-state index in [0.717, 1.165) is 25.3 Å². The summed E-state index contributed by atoms with van der Waals surface area (Å²) >= 11 is 0.